The van der Waals surface area contributed by atoms with E-state index in [1.165, 1.54) is 0 Å². The van der Waals surface area contributed by atoms with Crippen molar-refractivity contribution in [2.75, 3.05) is 14.2 Å². The van der Waals surface area contributed by atoms with Gasteiger partial charge in [-0.1, -0.05) is 6.07 Å². The van der Waals surface area contributed by atoms with Crippen LogP contribution in [0.5, 0.6) is 11.8 Å². The van der Waals surface area contributed by atoms with Crippen molar-refractivity contribution in [3.8, 4) is 34.0 Å². The van der Waals surface area contributed by atoms with Gasteiger partial charge >= 0.3 is 0 Å². The van der Waals surface area contributed by atoms with Gasteiger partial charge in [-0.05, 0) is 25.5 Å². The molecule has 0 spiro atoms. The highest BCUT2D eigenvalue weighted by Gasteiger charge is 2.15. The van der Waals surface area contributed by atoms with Gasteiger partial charge < -0.3 is 14.6 Å². The second kappa shape index (κ2) is 7.21. The molecule has 0 radical (unpaired) electrons. The maximum Gasteiger partial charge on any atom is 0.216 e. The van der Waals surface area contributed by atoms with E-state index < -0.39 is 5.60 Å². The number of rotatable bonds is 6. The first-order valence-corrected chi connectivity index (χ1v) is 9.19. The minimum Gasteiger partial charge on any atom is -0.481 e. The largest absolute Gasteiger partial charge is 0.481 e. The summed E-state index contributed by atoms with van der Waals surface area (Å²) in [5.74, 6) is 0.962. The molecule has 0 aromatic carbocycles. The van der Waals surface area contributed by atoms with E-state index in [-0.39, 0.29) is 0 Å². The molecule has 4 heterocycles. The molecule has 0 amide bonds. The number of ether oxygens (including phenoxy) is 2. The zero-order valence-corrected chi connectivity index (χ0v) is 16.8. The SMILES string of the molecule is COc1cc(-c2cnn3cc(-c4cnn(CC(C)(C)O)c4)ccc23)cc(OC)n1. The molecule has 0 aliphatic rings. The van der Waals surface area contributed by atoms with E-state index in [0.29, 0.717) is 18.3 Å². The Kier molecular flexibility index (Phi) is 4.71. The van der Waals surface area contributed by atoms with Gasteiger partial charge in [0, 0.05) is 41.2 Å². The highest BCUT2D eigenvalue weighted by atomic mass is 16.5. The molecule has 0 fully saturated rings. The molecule has 4 aromatic heterocycles. The Labute approximate surface area is 168 Å². The van der Waals surface area contributed by atoms with Gasteiger partial charge in [-0.25, -0.2) is 4.52 Å². The highest BCUT2D eigenvalue weighted by molar-refractivity contribution is 5.81. The standard InChI is InChI=1S/C21H23N5O3/c1-21(2,27)13-25-11-16(9-22-25)14-5-6-18-17(10-23-26(18)12-14)15-7-19(28-3)24-20(8-15)29-4/h5-12,27H,13H2,1-4H3. The van der Waals surface area contributed by atoms with Crippen LogP contribution in [0.3, 0.4) is 0 Å². The molecule has 150 valence electrons. The van der Waals surface area contributed by atoms with Crippen LogP contribution in [-0.4, -0.2) is 49.3 Å². The summed E-state index contributed by atoms with van der Waals surface area (Å²) in [6, 6.07) is 7.76. The summed E-state index contributed by atoms with van der Waals surface area (Å²) in [5.41, 5.74) is 3.94. The first kappa shape index (κ1) is 18.9. The molecule has 29 heavy (non-hydrogen) atoms. The van der Waals surface area contributed by atoms with E-state index in [2.05, 4.69) is 15.2 Å². The van der Waals surface area contributed by atoms with E-state index in [4.69, 9.17) is 9.47 Å². The average Bonchev–Trinajstić information content (AvgIpc) is 3.32. The molecule has 0 unspecified atom stereocenters. The van der Waals surface area contributed by atoms with Crippen molar-refractivity contribution in [1.29, 1.82) is 0 Å². The van der Waals surface area contributed by atoms with Crippen LogP contribution in [0.4, 0.5) is 0 Å². The van der Waals surface area contributed by atoms with E-state index in [0.717, 1.165) is 27.8 Å². The minimum absolute atomic E-state index is 0.423. The van der Waals surface area contributed by atoms with Gasteiger partial charge in [-0.15, -0.1) is 0 Å². The number of aromatic nitrogens is 5. The summed E-state index contributed by atoms with van der Waals surface area (Å²) in [4.78, 5) is 4.24. The quantitative estimate of drug-likeness (QED) is 0.542. The van der Waals surface area contributed by atoms with Crippen LogP contribution in [0, 0.1) is 0 Å². The van der Waals surface area contributed by atoms with Crippen LogP contribution in [0.25, 0.3) is 27.8 Å². The topological polar surface area (TPSA) is 86.7 Å². The highest BCUT2D eigenvalue weighted by Crippen LogP contribution is 2.31. The number of pyridine rings is 2. The molecule has 0 saturated carbocycles. The molecule has 1 N–H and O–H groups in total. The van der Waals surface area contributed by atoms with Gasteiger partial charge in [0.2, 0.25) is 11.8 Å². The van der Waals surface area contributed by atoms with Crippen molar-refractivity contribution in [3.05, 3.63) is 49.1 Å². The number of aliphatic hydroxyl groups is 1. The van der Waals surface area contributed by atoms with E-state index >= 15 is 0 Å². The normalized spacial score (nSPS) is 11.8. The Bertz CT molecular complexity index is 1130. The molecule has 0 aliphatic heterocycles. The van der Waals surface area contributed by atoms with Gasteiger partial charge in [0.15, 0.2) is 0 Å². The number of hydrogen-bond donors (Lipinski definition) is 1. The van der Waals surface area contributed by atoms with Crippen LogP contribution in [-0.2, 0) is 6.54 Å². The predicted molar refractivity (Wildman–Crippen MR) is 109 cm³/mol. The van der Waals surface area contributed by atoms with Crippen molar-refractivity contribution in [1.82, 2.24) is 24.4 Å². The van der Waals surface area contributed by atoms with Crippen LogP contribution >= 0.6 is 0 Å². The lowest BCUT2D eigenvalue weighted by atomic mass is 10.1. The predicted octanol–water partition coefficient (Wildman–Crippen LogP) is 3.05. The Morgan fingerprint density at radius 2 is 1.66 bits per heavy atom. The summed E-state index contributed by atoms with van der Waals surface area (Å²) in [7, 11) is 3.15. The average molecular weight is 393 g/mol. The van der Waals surface area contributed by atoms with Crippen molar-refractivity contribution in [2.24, 2.45) is 0 Å². The van der Waals surface area contributed by atoms with E-state index in [1.807, 2.05) is 47.4 Å². The van der Waals surface area contributed by atoms with Gasteiger partial charge in [-0.2, -0.15) is 15.2 Å². The van der Waals surface area contributed by atoms with Gasteiger partial charge in [0.05, 0.1) is 44.3 Å². The van der Waals surface area contributed by atoms with E-state index in [1.54, 1.807) is 38.9 Å². The fourth-order valence-electron chi connectivity index (χ4n) is 3.22. The first-order valence-electron chi connectivity index (χ1n) is 9.19. The zero-order chi connectivity index (χ0) is 20.6. The second-order valence-corrected chi connectivity index (χ2v) is 7.49. The Morgan fingerprint density at radius 3 is 2.31 bits per heavy atom. The summed E-state index contributed by atoms with van der Waals surface area (Å²) in [6.45, 7) is 3.94. The molecule has 0 atom stereocenters. The van der Waals surface area contributed by atoms with Gasteiger partial charge in [0.1, 0.15) is 0 Å². The maximum atomic E-state index is 9.98. The monoisotopic (exact) mass is 393 g/mol. The summed E-state index contributed by atoms with van der Waals surface area (Å²) >= 11 is 0. The molecular formula is C21H23N5O3. The second-order valence-electron chi connectivity index (χ2n) is 7.49. The van der Waals surface area contributed by atoms with Crippen LogP contribution < -0.4 is 9.47 Å². The molecule has 0 aliphatic carbocycles. The van der Waals surface area contributed by atoms with Crippen LogP contribution in [0.15, 0.2) is 49.1 Å². The zero-order valence-electron chi connectivity index (χ0n) is 16.8. The lowest BCUT2D eigenvalue weighted by Gasteiger charge is -2.16. The number of nitrogens with zero attached hydrogens (tertiary/aromatic N) is 5. The fourth-order valence-corrected chi connectivity index (χ4v) is 3.22. The van der Waals surface area contributed by atoms with Crippen molar-refractivity contribution < 1.29 is 14.6 Å². The lowest BCUT2D eigenvalue weighted by Crippen LogP contribution is -2.26. The maximum absolute atomic E-state index is 9.98. The molecule has 8 heteroatoms. The third-order valence-corrected chi connectivity index (χ3v) is 4.54. The van der Waals surface area contributed by atoms with Crippen LogP contribution in [0.1, 0.15) is 13.8 Å². The third kappa shape index (κ3) is 3.93. The molecule has 4 rings (SSSR count). The molecule has 4 aromatic rings. The van der Waals surface area contributed by atoms with Gasteiger partial charge in [0.25, 0.3) is 0 Å². The fraction of sp³-hybridized carbons (Fsp3) is 0.286. The molecule has 8 nitrogen and oxygen atoms in total. The van der Waals surface area contributed by atoms with Crippen molar-refractivity contribution in [2.45, 2.75) is 26.0 Å². The molecule has 0 bridgehead atoms. The van der Waals surface area contributed by atoms with E-state index in [9.17, 15) is 5.11 Å². The number of methoxy groups -OCH3 is 2. The minimum atomic E-state index is -0.823. The Morgan fingerprint density at radius 1 is 0.931 bits per heavy atom. The Balaban J connectivity index is 1.70. The summed E-state index contributed by atoms with van der Waals surface area (Å²) in [6.07, 6.45) is 7.48. The summed E-state index contributed by atoms with van der Waals surface area (Å²) in [5, 5.41) is 18.8. The van der Waals surface area contributed by atoms with Gasteiger partial charge in [-0.3, -0.25) is 4.68 Å². The third-order valence-electron chi connectivity index (χ3n) is 4.54. The lowest BCUT2D eigenvalue weighted by molar-refractivity contribution is 0.0577. The smallest absolute Gasteiger partial charge is 0.216 e. The van der Waals surface area contributed by atoms with Crippen molar-refractivity contribution >= 4 is 5.52 Å². The first-order chi connectivity index (χ1) is 13.9. The Hall–Kier alpha value is -3.39. The molecular weight excluding hydrogens is 370 g/mol. The molecule has 0 saturated heterocycles. The van der Waals surface area contributed by atoms with Crippen molar-refractivity contribution in [3.63, 3.8) is 0 Å². The number of hydrogen-bond acceptors (Lipinski definition) is 6. The summed E-state index contributed by atoms with van der Waals surface area (Å²) < 4.78 is 14.1. The van der Waals surface area contributed by atoms with Crippen LogP contribution in [0.2, 0.25) is 0 Å². The number of fused-ring (bicyclic) bond motifs is 1.